The zero-order valence-electron chi connectivity index (χ0n) is 13.7. The Kier molecular flexibility index (Phi) is 8.17. The second kappa shape index (κ2) is 9.86. The molecule has 3 atom stereocenters. The fourth-order valence-corrected chi connectivity index (χ4v) is 2.38. The molecule has 0 aromatic rings. The standard InChI is InChI=1S/C15H25N3O6/c1-9-13(21)18-10(15(23)24)6-4-2-3-5-7-12(20)17-11(8-19)14(22)16-9/h9-11,19H,2-8H2,1H3,(H,16,22)(H,17,20)(H,18,21)(H,23,24)/t9-,10-,11-/m0/s1. The summed E-state index contributed by atoms with van der Waals surface area (Å²) in [5.74, 6) is -2.81. The largest absolute Gasteiger partial charge is 0.480 e. The molecule has 1 aliphatic rings. The van der Waals surface area contributed by atoms with Crippen LogP contribution in [0.25, 0.3) is 0 Å². The minimum absolute atomic E-state index is 0.221. The van der Waals surface area contributed by atoms with Gasteiger partial charge in [0.1, 0.15) is 18.1 Å². The van der Waals surface area contributed by atoms with Crippen LogP contribution in [0.3, 0.4) is 0 Å². The molecule has 5 N–H and O–H groups in total. The quantitative estimate of drug-likeness (QED) is 0.430. The predicted molar refractivity (Wildman–Crippen MR) is 83.9 cm³/mol. The van der Waals surface area contributed by atoms with Gasteiger partial charge >= 0.3 is 5.97 Å². The Morgan fingerprint density at radius 3 is 2.33 bits per heavy atom. The van der Waals surface area contributed by atoms with Gasteiger partial charge in [-0.25, -0.2) is 4.79 Å². The summed E-state index contributed by atoms with van der Waals surface area (Å²) in [7, 11) is 0. The van der Waals surface area contributed by atoms with E-state index in [0.717, 1.165) is 12.8 Å². The van der Waals surface area contributed by atoms with Gasteiger partial charge in [-0.15, -0.1) is 0 Å². The van der Waals surface area contributed by atoms with Crippen molar-refractivity contribution in [3.8, 4) is 0 Å². The summed E-state index contributed by atoms with van der Waals surface area (Å²) in [5.41, 5.74) is 0. The van der Waals surface area contributed by atoms with Gasteiger partial charge in [-0.1, -0.05) is 19.3 Å². The zero-order chi connectivity index (χ0) is 18.1. The second-order valence-corrected chi connectivity index (χ2v) is 5.89. The molecule has 0 aromatic carbocycles. The number of carboxylic acids is 1. The number of aliphatic hydroxyl groups is 1. The first kappa shape index (κ1) is 19.9. The third kappa shape index (κ3) is 6.53. The molecule has 0 spiro atoms. The van der Waals surface area contributed by atoms with Crippen molar-refractivity contribution in [2.75, 3.05) is 6.61 Å². The lowest BCUT2D eigenvalue weighted by Crippen LogP contribution is -2.55. The molecule has 136 valence electrons. The Labute approximate surface area is 140 Å². The van der Waals surface area contributed by atoms with E-state index in [0.29, 0.717) is 12.8 Å². The summed E-state index contributed by atoms with van der Waals surface area (Å²) in [6, 6.07) is -3.15. The predicted octanol–water partition coefficient (Wildman–Crippen LogP) is -1.11. The first-order valence-electron chi connectivity index (χ1n) is 8.09. The van der Waals surface area contributed by atoms with E-state index in [1.54, 1.807) is 0 Å². The lowest BCUT2D eigenvalue weighted by atomic mass is 10.1. The highest BCUT2D eigenvalue weighted by Crippen LogP contribution is 2.09. The van der Waals surface area contributed by atoms with Gasteiger partial charge in [0.25, 0.3) is 0 Å². The number of hydrogen-bond acceptors (Lipinski definition) is 5. The molecule has 9 nitrogen and oxygen atoms in total. The number of carbonyl (C=O) groups excluding carboxylic acids is 3. The number of aliphatic hydroxyl groups excluding tert-OH is 1. The van der Waals surface area contributed by atoms with Crippen LogP contribution >= 0.6 is 0 Å². The molecular formula is C15H25N3O6. The summed E-state index contributed by atoms with van der Waals surface area (Å²) in [6.45, 7) is 0.810. The molecule has 0 radical (unpaired) electrons. The minimum Gasteiger partial charge on any atom is -0.480 e. The van der Waals surface area contributed by atoms with E-state index in [1.807, 2.05) is 0 Å². The lowest BCUT2D eigenvalue weighted by Gasteiger charge is -2.21. The van der Waals surface area contributed by atoms with E-state index < -0.39 is 42.5 Å². The summed E-state index contributed by atoms with van der Waals surface area (Å²) >= 11 is 0. The number of carbonyl (C=O) groups is 4. The molecular weight excluding hydrogens is 318 g/mol. The van der Waals surface area contributed by atoms with Crippen molar-refractivity contribution in [2.24, 2.45) is 0 Å². The number of nitrogens with one attached hydrogen (secondary N) is 3. The van der Waals surface area contributed by atoms with Crippen molar-refractivity contribution < 1.29 is 29.4 Å². The Morgan fingerprint density at radius 2 is 1.71 bits per heavy atom. The fraction of sp³-hybridized carbons (Fsp3) is 0.733. The zero-order valence-corrected chi connectivity index (χ0v) is 13.7. The van der Waals surface area contributed by atoms with Crippen molar-refractivity contribution in [1.29, 1.82) is 0 Å². The van der Waals surface area contributed by atoms with Gasteiger partial charge in [-0.05, 0) is 19.8 Å². The number of aliphatic carboxylic acids is 1. The maximum Gasteiger partial charge on any atom is 0.326 e. The van der Waals surface area contributed by atoms with Crippen LogP contribution in [0.1, 0.15) is 45.4 Å². The average molecular weight is 343 g/mol. The Balaban J connectivity index is 2.82. The average Bonchev–Trinajstić information content (AvgIpc) is 2.53. The van der Waals surface area contributed by atoms with E-state index >= 15 is 0 Å². The minimum atomic E-state index is -1.15. The summed E-state index contributed by atoms with van der Waals surface area (Å²) in [5, 5.41) is 25.6. The normalized spacial score (nSPS) is 27.9. The van der Waals surface area contributed by atoms with E-state index in [4.69, 9.17) is 5.11 Å². The fourth-order valence-electron chi connectivity index (χ4n) is 2.38. The van der Waals surface area contributed by atoms with Crippen molar-refractivity contribution >= 4 is 23.7 Å². The van der Waals surface area contributed by atoms with Crippen LogP contribution in [0.4, 0.5) is 0 Å². The molecule has 0 saturated carbocycles. The smallest absolute Gasteiger partial charge is 0.326 e. The number of hydrogen-bond donors (Lipinski definition) is 5. The van der Waals surface area contributed by atoms with Crippen LogP contribution in [-0.2, 0) is 19.2 Å². The molecule has 24 heavy (non-hydrogen) atoms. The number of carboxylic acid groups (broad SMARTS) is 1. The molecule has 1 aliphatic heterocycles. The van der Waals surface area contributed by atoms with Crippen LogP contribution in [-0.4, -0.2) is 58.6 Å². The maximum atomic E-state index is 12.0. The molecule has 1 fully saturated rings. The molecule has 1 rings (SSSR count). The molecule has 3 amide bonds. The first-order chi connectivity index (χ1) is 11.3. The van der Waals surface area contributed by atoms with Gasteiger partial charge in [0.15, 0.2) is 0 Å². The molecule has 9 heteroatoms. The molecule has 0 bridgehead atoms. The van der Waals surface area contributed by atoms with Gasteiger partial charge in [-0.3, -0.25) is 14.4 Å². The van der Waals surface area contributed by atoms with Gasteiger partial charge < -0.3 is 26.2 Å². The first-order valence-corrected chi connectivity index (χ1v) is 8.09. The van der Waals surface area contributed by atoms with Crippen LogP contribution < -0.4 is 16.0 Å². The highest BCUT2D eigenvalue weighted by atomic mass is 16.4. The summed E-state index contributed by atoms with van der Waals surface area (Å²) in [4.78, 5) is 47.0. The van der Waals surface area contributed by atoms with Gasteiger partial charge in [0.05, 0.1) is 6.61 Å². The Bertz CT molecular complexity index is 482. The van der Waals surface area contributed by atoms with Crippen LogP contribution in [0.5, 0.6) is 0 Å². The van der Waals surface area contributed by atoms with Crippen molar-refractivity contribution in [3.05, 3.63) is 0 Å². The molecule has 0 aromatic heterocycles. The molecule has 1 saturated heterocycles. The molecule has 1 heterocycles. The second-order valence-electron chi connectivity index (χ2n) is 5.89. The Morgan fingerprint density at radius 1 is 1.04 bits per heavy atom. The topological polar surface area (TPSA) is 145 Å². The monoisotopic (exact) mass is 343 g/mol. The number of amides is 3. The van der Waals surface area contributed by atoms with E-state index in [1.165, 1.54) is 6.92 Å². The highest BCUT2D eigenvalue weighted by Gasteiger charge is 2.26. The van der Waals surface area contributed by atoms with Gasteiger partial charge in [-0.2, -0.15) is 0 Å². The van der Waals surface area contributed by atoms with Crippen LogP contribution in [0.2, 0.25) is 0 Å². The van der Waals surface area contributed by atoms with E-state index in [-0.39, 0.29) is 18.7 Å². The Hall–Kier alpha value is -2.16. The molecule has 0 aliphatic carbocycles. The van der Waals surface area contributed by atoms with Gasteiger partial charge in [0.2, 0.25) is 17.7 Å². The van der Waals surface area contributed by atoms with Gasteiger partial charge in [0, 0.05) is 6.42 Å². The lowest BCUT2D eigenvalue weighted by molar-refractivity contribution is -0.142. The number of rotatable bonds is 2. The van der Waals surface area contributed by atoms with E-state index in [2.05, 4.69) is 16.0 Å². The van der Waals surface area contributed by atoms with Crippen molar-refractivity contribution in [3.63, 3.8) is 0 Å². The summed E-state index contributed by atoms with van der Waals surface area (Å²) < 4.78 is 0. The van der Waals surface area contributed by atoms with Crippen molar-refractivity contribution in [1.82, 2.24) is 16.0 Å². The molecule has 0 unspecified atom stereocenters. The van der Waals surface area contributed by atoms with E-state index in [9.17, 15) is 24.3 Å². The summed E-state index contributed by atoms with van der Waals surface area (Å²) in [6.07, 6.45) is 3.19. The maximum absolute atomic E-state index is 12.0. The van der Waals surface area contributed by atoms with Crippen molar-refractivity contribution in [2.45, 2.75) is 63.6 Å². The van der Waals surface area contributed by atoms with Crippen LogP contribution in [0, 0.1) is 0 Å². The van der Waals surface area contributed by atoms with Crippen LogP contribution in [0.15, 0.2) is 0 Å². The third-order valence-corrected chi connectivity index (χ3v) is 3.85. The SMILES string of the molecule is C[C@@H]1NC(=O)[C@H](CO)NC(=O)CCCCCC[C@@H](C(=O)O)NC1=O. The third-order valence-electron chi connectivity index (χ3n) is 3.85. The highest BCUT2D eigenvalue weighted by molar-refractivity contribution is 5.93.